The van der Waals surface area contributed by atoms with Crippen LogP contribution in [-0.4, -0.2) is 30.5 Å². The predicted octanol–water partition coefficient (Wildman–Crippen LogP) is 3.21. The molecule has 0 spiro atoms. The lowest BCUT2D eigenvalue weighted by Crippen LogP contribution is -2.43. The van der Waals surface area contributed by atoms with Crippen LogP contribution in [0.2, 0.25) is 0 Å². The molecule has 26 heavy (non-hydrogen) atoms. The first-order chi connectivity index (χ1) is 12.6. The predicted molar refractivity (Wildman–Crippen MR) is 99.6 cm³/mol. The van der Waals surface area contributed by atoms with E-state index in [0.29, 0.717) is 25.3 Å². The van der Waals surface area contributed by atoms with E-state index in [4.69, 9.17) is 9.47 Å². The molecule has 1 aliphatic heterocycles. The third kappa shape index (κ3) is 3.51. The second-order valence-electron chi connectivity index (χ2n) is 6.30. The summed E-state index contributed by atoms with van der Waals surface area (Å²) in [4.78, 5) is 14.8. The van der Waals surface area contributed by atoms with Crippen molar-refractivity contribution in [3.63, 3.8) is 0 Å². The molecule has 0 saturated heterocycles. The number of benzene rings is 2. The summed E-state index contributed by atoms with van der Waals surface area (Å²) in [5.41, 5.74) is 0.687. The molecular weight excluding hydrogens is 330 g/mol. The van der Waals surface area contributed by atoms with Crippen LogP contribution in [0.5, 0.6) is 0 Å². The third-order valence-electron chi connectivity index (χ3n) is 4.59. The number of amides is 1. The van der Waals surface area contributed by atoms with Gasteiger partial charge in [0.1, 0.15) is 0 Å². The molecule has 2 aromatic rings. The van der Waals surface area contributed by atoms with Gasteiger partial charge in [-0.15, -0.1) is 0 Å². The van der Waals surface area contributed by atoms with Crippen molar-refractivity contribution < 1.29 is 19.4 Å². The van der Waals surface area contributed by atoms with Gasteiger partial charge in [0.2, 0.25) is 0 Å². The fraction of sp³-hybridized carbons (Fsp3) is 0.381. The van der Waals surface area contributed by atoms with Crippen LogP contribution in [0, 0.1) is 0 Å². The minimum atomic E-state index is -1.65. The molecule has 5 nitrogen and oxygen atoms in total. The van der Waals surface area contributed by atoms with Gasteiger partial charge in [-0.2, -0.15) is 0 Å². The summed E-state index contributed by atoms with van der Waals surface area (Å²) in [5, 5.41) is 11.3. The van der Waals surface area contributed by atoms with Gasteiger partial charge < -0.3 is 19.5 Å². The summed E-state index contributed by atoms with van der Waals surface area (Å²) in [5.74, 6) is -0.341. The zero-order valence-electron chi connectivity index (χ0n) is 15.2. The van der Waals surface area contributed by atoms with Crippen LogP contribution in [-0.2, 0) is 26.4 Å². The highest BCUT2D eigenvalue weighted by Gasteiger charge is 2.51. The second-order valence-corrected chi connectivity index (χ2v) is 6.30. The van der Waals surface area contributed by atoms with Crippen molar-refractivity contribution in [2.45, 2.75) is 38.7 Å². The average molecular weight is 355 g/mol. The Morgan fingerprint density at radius 3 is 2.27 bits per heavy atom. The number of carbonyl (C=O) groups is 1. The average Bonchev–Trinajstić information content (AvgIpc) is 2.85. The number of ether oxygens (including phenoxy) is 2. The molecule has 1 atom stereocenters. The molecule has 1 amide bonds. The van der Waals surface area contributed by atoms with Crippen molar-refractivity contribution in [3.8, 4) is 0 Å². The summed E-state index contributed by atoms with van der Waals surface area (Å²) in [6.07, 6.45) is -0.570. The topological polar surface area (TPSA) is 59.0 Å². The molecule has 0 bridgehead atoms. The highest BCUT2D eigenvalue weighted by Crippen LogP contribution is 2.43. The summed E-state index contributed by atoms with van der Waals surface area (Å²) >= 11 is 0. The maximum absolute atomic E-state index is 13.2. The van der Waals surface area contributed by atoms with Gasteiger partial charge in [0.25, 0.3) is 5.91 Å². The van der Waals surface area contributed by atoms with Crippen molar-refractivity contribution >= 4 is 11.6 Å². The highest BCUT2D eigenvalue weighted by molar-refractivity contribution is 6.06. The van der Waals surface area contributed by atoms with Crippen molar-refractivity contribution in [3.05, 3.63) is 65.7 Å². The first-order valence-electron chi connectivity index (χ1n) is 9.01. The summed E-state index contributed by atoms with van der Waals surface area (Å²) < 4.78 is 11.1. The molecule has 0 fully saturated rings. The summed E-state index contributed by atoms with van der Waals surface area (Å²) in [6.45, 7) is 5.03. The quantitative estimate of drug-likeness (QED) is 0.739. The van der Waals surface area contributed by atoms with Gasteiger partial charge in [0.05, 0.1) is 12.2 Å². The normalized spacial score (nSPS) is 19.2. The van der Waals surface area contributed by atoms with E-state index in [1.54, 1.807) is 11.0 Å². The minimum absolute atomic E-state index is 0.0653. The highest BCUT2D eigenvalue weighted by atomic mass is 16.7. The number of para-hydroxylation sites is 1. The van der Waals surface area contributed by atoms with Crippen LogP contribution < -0.4 is 4.90 Å². The van der Waals surface area contributed by atoms with E-state index in [9.17, 15) is 9.90 Å². The molecule has 0 aromatic heterocycles. The van der Waals surface area contributed by atoms with Crippen LogP contribution in [0.1, 0.15) is 31.4 Å². The van der Waals surface area contributed by atoms with Gasteiger partial charge in [0.15, 0.2) is 11.9 Å². The molecule has 0 aliphatic carbocycles. The Morgan fingerprint density at radius 2 is 1.62 bits per heavy atom. The number of anilines is 1. The first-order valence-corrected chi connectivity index (χ1v) is 9.01. The number of hydrogen-bond donors (Lipinski definition) is 1. The lowest BCUT2D eigenvalue weighted by Gasteiger charge is -2.27. The minimum Gasteiger partial charge on any atom is -0.375 e. The monoisotopic (exact) mass is 355 g/mol. The van der Waals surface area contributed by atoms with Crippen molar-refractivity contribution in [2.75, 3.05) is 18.1 Å². The number of rotatable bonds is 8. The molecule has 0 unspecified atom stereocenters. The molecule has 0 saturated carbocycles. The lowest BCUT2D eigenvalue weighted by atomic mass is 9.91. The number of fused-ring (bicyclic) bond motifs is 1. The van der Waals surface area contributed by atoms with E-state index in [0.717, 1.165) is 11.3 Å². The van der Waals surface area contributed by atoms with E-state index >= 15 is 0 Å². The van der Waals surface area contributed by atoms with Crippen LogP contribution in [0.25, 0.3) is 0 Å². The molecule has 138 valence electrons. The zero-order valence-corrected chi connectivity index (χ0v) is 15.2. The SMILES string of the molecule is CCOC(C[C@]1(O)C(=O)N(Cc2ccccc2)c2ccccc21)OCC. The van der Waals surface area contributed by atoms with E-state index in [1.165, 1.54) is 0 Å². The van der Waals surface area contributed by atoms with Gasteiger partial charge in [0, 0.05) is 25.2 Å². The third-order valence-corrected chi connectivity index (χ3v) is 4.59. The smallest absolute Gasteiger partial charge is 0.264 e. The van der Waals surface area contributed by atoms with Gasteiger partial charge in [-0.05, 0) is 25.5 Å². The summed E-state index contributed by atoms with van der Waals surface area (Å²) in [6, 6.07) is 17.1. The number of nitrogens with zero attached hydrogens (tertiary/aromatic N) is 1. The van der Waals surface area contributed by atoms with Gasteiger partial charge >= 0.3 is 0 Å². The van der Waals surface area contributed by atoms with E-state index < -0.39 is 11.9 Å². The van der Waals surface area contributed by atoms with Gasteiger partial charge in [-0.25, -0.2) is 0 Å². The standard InChI is InChI=1S/C21H25NO4/c1-3-25-19(26-4-2)14-21(24)17-12-8-9-13-18(17)22(20(21)23)15-16-10-6-5-7-11-16/h5-13,19,24H,3-4,14-15H2,1-2H3/t21-/m1/s1. The van der Waals surface area contributed by atoms with Crippen LogP contribution in [0.15, 0.2) is 54.6 Å². The molecule has 2 aromatic carbocycles. The molecule has 1 aliphatic rings. The lowest BCUT2D eigenvalue weighted by molar-refractivity contribution is -0.176. The number of aliphatic hydroxyl groups is 1. The van der Waals surface area contributed by atoms with Gasteiger partial charge in [-0.3, -0.25) is 4.79 Å². The van der Waals surface area contributed by atoms with Crippen molar-refractivity contribution in [1.82, 2.24) is 0 Å². The molecule has 1 heterocycles. The first kappa shape index (κ1) is 18.6. The molecule has 3 rings (SSSR count). The Hall–Kier alpha value is -2.21. The van der Waals surface area contributed by atoms with Crippen LogP contribution in [0.3, 0.4) is 0 Å². The summed E-state index contributed by atoms with van der Waals surface area (Å²) in [7, 11) is 0. The zero-order chi connectivity index (χ0) is 18.6. The maximum atomic E-state index is 13.2. The van der Waals surface area contributed by atoms with Gasteiger partial charge in [-0.1, -0.05) is 48.5 Å². The Labute approximate surface area is 154 Å². The fourth-order valence-electron chi connectivity index (χ4n) is 3.41. The van der Waals surface area contributed by atoms with E-state index in [1.807, 2.05) is 62.4 Å². The Balaban J connectivity index is 1.93. The van der Waals surface area contributed by atoms with Crippen molar-refractivity contribution in [1.29, 1.82) is 0 Å². The Kier molecular flexibility index (Phi) is 5.71. The number of carbonyl (C=O) groups excluding carboxylic acids is 1. The molecule has 0 radical (unpaired) electrons. The van der Waals surface area contributed by atoms with Crippen molar-refractivity contribution in [2.24, 2.45) is 0 Å². The largest absolute Gasteiger partial charge is 0.375 e. The number of hydrogen-bond acceptors (Lipinski definition) is 4. The fourth-order valence-corrected chi connectivity index (χ4v) is 3.41. The van der Waals surface area contributed by atoms with Crippen LogP contribution in [0.4, 0.5) is 5.69 Å². The molecule has 5 heteroatoms. The van der Waals surface area contributed by atoms with E-state index in [2.05, 4.69) is 0 Å². The second kappa shape index (κ2) is 7.99. The Morgan fingerprint density at radius 1 is 1.00 bits per heavy atom. The molecule has 1 N–H and O–H groups in total. The van der Waals surface area contributed by atoms with E-state index in [-0.39, 0.29) is 12.3 Å². The molecular formula is C21H25NO4. The van der Waals surface area contributed by atoms with Crippen LogP contribution >= 0.6 is 0 Å². The Bertz CT molecular complexity index is 743. The maximum Gasteiger partial charge on any atom is 0.264 e.